The van der Waals surface area contributed by atoms with Gasteiger partial charge in [-0.15, -0.1) is 11.3 Å². The van der Waals surface area contributed by atoms with Crippen molar-refractivity contribution in [1.82, 2.24) is 10.3 Å². The summed E-state index contributed by atoms with van der Waals surface area (Å²) < 4.78 is 27.2. The van der Waals surface area contributed by atoms with E-state index < -0.39 is 21.5 Å². The Hall–Kier alpha value is -2.46. The number of carbonyl (C=O) groups is 1. The molecule has 0 fully saturated rings. The summed E-state index contributed by atoms with van der Waals surface area (Å²) in [5.74, 6) is -0.403. The first-order valence-corrected chi connectivity index (χ1v) is 11.7. The summed E-state index contributed by atoms with van der Waals surface area (Å²) in [6, 6.07) is 11.6. The minimum atomic E-state index is -3.85. The van der Waals surface area contributed by atoms with Gasteiger partial charge in [0.25, 0.3) is 15.9 Å². The first-order chi connectivity index (χ1) is 14.1. The number of benzene rings is 2. The molecule has 0 radical (unpaired) electrons. The van der Waals surface area contributed by atoms with E-state index in [0.29, 0.717) is 6.54 Å². The molecule has 0 atom stereocenters. The van der Waals surface area contributed by atoms with Gasteiger partial charge >= 0.3 is 0 Å². The second kappa shape index (κ2) is 8.73. The molecular weight excluding hydrogens is 444 g/mol. The standard InChI is InChI=1S/C20H21ClN4O3S2/c1-20(2,22)14-5-3-13(4-6-14)12-24-18(26)16-8-7-15(11-17(16)21)30(27,28)25-19-23-9-10-29-19/h3-11H,12,22H2,1-2H3,(H,23,25)(H,24,26). The van der Waals surface area contributed by atoms with Gasteiger partial charge in [-0.2, -0.15) is 0 Å². The summed E-state index contributed by atoms with van der Waals surface area (Å²) in [4.78, 5) is 16.3. The Morgan fingerprint density at radius 1 is 1.20 bits per heavy atom. The molecule has 1 aromatic heterocycles. The van der Waals surface area contributed by atoms with Gasteiger partial charge in [-0.1, -0.05) is 35.9 Å². The number of nitrogens with two attached hydrogens (primary N) is 1. The van der Waals surface area contributed by atoms with Crippen LogP contribution in [0.5, 0.6) is 0 Å². The molecule has 0 aliphatic rings. The van der Waals surface area contributed by atoms with Gasteiger partial charge in [0.1, 0.15) is 0 Å². The Labute approximate surface area is 184 Å². The first kappa shape index (κ1) is 22.2. The molecule has 30 heavy (non-hydrogen) atoms. The number of hydrogen-bond acceptors (Lipinski definition) is 6. The van der Waals surface area contributed by atoms with E-state index in [1.165, 1.54) is 24.4 Å². The van der Waals surface area contributed by atoms with Crippen LogP contribution >= 0.6 is 22.9 Å². The van der Waals surface area contributed by atoms with Crippen molar-refractivity contribution in [1.29, 1.82) is 0 Å². The van der Waals surface area contributed by atoms with Crippen molar-refractivity contribution in [3.63, 3.8) is 0 Å². The average Bonchev–Trinajstić information content (AvgIpc) is 3.18. The fourth-order valence-corrected chi connectivity index (χ4v) is 4.77. The molecule has 0 saturated carbocycles. The predicted octanol–water partition coefficient (Wildman–Crippen LogP) is 3.72. The fourth-order valence-electron chi connectivity index (χ4n) is 2.62. The molecule has 158 valence electrons. The molecule has 10 heteroatoms. The van der Waals surface area contributed by atoms with Crippen molar-refractivity contribution in [2.75, 3.05) is 4.72 Å². The van der Waals surface area contributed by atoms with Crippen LogP contribution in [0.15, 0.2) is 58.9 Å². The lowest BCUT2D eigenvalue weighted by molar-refractivity contribution is 0.0951. The maximum Gasteiger partial charge on any atom is 0.263 e. The van der Waals surface area contributed by atoms with Gasteiger partial charge in [0.15, 0.2) is 5.13 Å². The molecule has 1 amide bonds. The van der Waals surface area contributed by atoms with Crippen LogP contribution in [0.25, 0.3) is 0 Å². The average molecular weight is 465 g/mol. The zero-order valence-electron chi connectivity index (χ0n) is 16.3. The number of aromatic nitrogens is 1. The van der Waals surface area contributed by atoms with Crippen LogP contribution in [0.2, 0.25) is 5.02 Å². The van der Waals surface area contributed by atoms with Crippen molar-refractivity contribution in [3.05, 3.63) is 75.8 Å². The SMILES string of the molecule is CC(C)(N)c1ccc(CNC(=O)c2ccc(S(=O)(=O)Nc3nccs3)cc2Cl)cc1. The predicted molar refractivity (Wildman–Crippen MR) is 119 cm³/mol. The number of carbonyl (C=O) groups excluding carboxylic acids is 1. The number of thiazole rings is 1. The molecule has 0 unspecified atom stereocenters. The molecule has 3 aromatic rings. The second-order valence-electron chi connectivity index (χ2n) is 7.19. The van der Waals surface area contributed by atoms with E-state index >= 15 is 0 Å². The lowest BCUT2D eigenvalue weighted by atomic mass is 9.95. The van der Waals surface area contributed by atoms with Crippen LogP contribution in [-0.2, 0) is 22.1 Å². The van der Waals surface area contributed by atoms with Crippen molar-refractivity contribution in [2.24, 2.45) is 5.73 Å². The number of sulfonamides is 1. The number of hydrogen-bond donors (Lipinski definition) is 3. The molecule has 2 aromatic carbocycles. The van der Waals surface area contributed by atoms with Crippen molar-refractivity contribution >= 4 is 44.0 Å². The lowest BCUT2D eigenvalue weighted by Crippen LogP contribution is -2.28. The monoisotopic (exact) mass is 464 g/mol. The summed E-state index contributed by atoms with van der Waals surface area (Å²) in [6.07, 6.45) is 1.49. The van der Waals surface area contributed by atoms with E-state index in [4.69, 9.17) is 17.3 Å². The van der Waals surface area contributed by atoms with E-state index in [2.05, 4.69) is 15.0 Å². The van der Waals surface area contributed by atoms with Gasteiger partial charge in [0, 0.05) is 23.7 Å². The van der Waals surface area contributed by atoms with Gasteiger partial charge in [-0.25, -0.2) is 13.4 Å². The van der Waals surface area contributed by atoms with Crippen LogP contribution in [0.3, 0.4) is 0 Å². The number of nitrogens with zero attached hydrogens (tertiary/aromatic N) is 1. The quantitative estimate of drug-likeness (QED) is 0.493. The smallest absolute Gasteiger partial charge is 0.263 e. The molecule has 3 rings (SSSR count). The highest BCUT2D eigenvalue weighted by Gasteiger charge is 2.19. The van der Waals surface area contributed by atoms with Crippen LogP contribution in [0.1, 0.15) is 35.3 Å². The van der Waals surface area contributed by atoms with E-state index in [0.717, 1.165) is 22.5 Å². The molecule has 0 spiro atoms. The van der Waals surface area contributed by atoms with Crippen LogP contribution in [-0.4, -0.2) is 19.3 Å². The van der Waals surface area contributed by atoms with E-state index in [1.807, 2.05) is 38.1 Å². The largest absolute Gasteiger partial charge is 0.348 e. The zero-order valence-corrected chi connectivity index (χ0v) is 18.7. The number of rotatable bonds is 7. The normalized spacial score (nSPS) is 11.9. The number of amides is 1. The van der Waals surface area contributed by atoms with Crippen molar-refractivity contribution in [3.8, 4) is 0 Å². The van der Waals surface area contributed by atoms with E-state index in [-0.39, 0.29) is 20.6 Å². The number of anilines is 1. The van der Waals surface area contributed by atoms with Gasteiger partial charge < -0.3 is 11.1 Å². The highest BCUT2D eigenvalue weighted by Crippen LogP contribution is 2.24. The van der Waals surface area contributed by atoms with Gasteiger partial charge in [0.2, 0.25) is 0 Å². The lowest BCUT2D eigenvalue weighted by Gasteiger charge is -2.19. The van der Waals surface area contributed by atoms with Crippen molar-refractivity contribution < 1.29 is 13.2 Å². The van der Waals surface area contributed by atoms with Crippen LogP contribution in [0.4, 0.5) is 5.13 Å². The molecule has 0 bridgehead atoms. The highest BCUT2D eigenvalue weighted by molar-refractivity contribution is 7.93. The molecular formula is C20H21ClN4O3S2. The molecule has 0 saturated heterocycles. The van der Waals surface area contributed by atoms with Gasteiger partial charge in [0.05, 0.1) is 15.5 Å². The third-order valence-electron chi connectivity index (χ3n) is 4.30. The molecule has 0 aliphatic heterocycles. The van der Waals surface area contributed by atoms with Gasteiger partial charge in [-0.3, -0.25) is 9.52 Å². The third-order valence-corrected chi connectivity index (χ3v) is 6.77. The summed E-state index contributed by atoms with van der Waals surface area (Å²) in [5.41, 5.74) is 7.71. The Bertz CT molecular complexity index is 1140. The molecule has 1 heterocycles. The fraction of sp³-hybridized carbons (Fsp3) is 0.200. The summed E-state index contributed by atoms with van der Waals surface area (Å²) in [5, 5.41) is 4.72. The summed E-state index contributed by atoms with van der Waals surface area (Å²) in [6.45, 7) is 4.14. The number of halogens is 1. The molecule has 7 nitrogen and oxygen atoms in total. The van der Waals surface area contributed by atoms with Gasteiger partial charge in [-0.05, 0) is 43.2 Å². The summed E-state index contributed by atoms with van der Waals surface area (Å²) in [7, 11) is -3.85. The molecule has 0 aliphatic carbocycles. The second-order valence-corrected chi connectivity index (χ2v) is 10.2. The summed E-state index contributed by atoms with van der Waals surface area (Å²) >= 11 is 7.34. The zero-order chi connectivity index (χ0) is 21.9. The van der Waals surface area contributed by atoms with E-state index in [9.17, 15) is 13.2 Å². The first-order valence-electron chi connectivity index (χ1n) is 8.94. The highest BCUT2D eigenvalue weighted by atomic mass is 35.5. The maximum atomic E-state index is 12.5. The Morgan fingerprint density at radius 2 is 1.90 bits per heavy atom. The van der Waals surface area contributed by atoms with E-state index in [1.54, 1.807) is 5.38 Å². The Kier molecular flexibility index (Phi) is 6.47. The van der Waals surface area contributed by atoms with Crippen LogP contribution < -0.4 is 15.8 Å². The van der Waals surface area contributed by atoms with Crippen LogP contribution in [0, 0.1) is 0 Å². The minimum Gasteiger partial charge on any atom is -0.348 e. The number of nitrogens with one attached hydrogen (secondary N) is 2. The molecule has 4 N–H and O–H groups in total. The topological polar surface area (TPSA) is 114 Å². The minimum absolute atomic E-state index is 0.0368. The Morgan fingerprint density at radius 3 is 2.47 bits per heavy atom. The van der Waals surface area contributed by atoms with Crippen molar-refractivity contribution in [2.45, 2.75) is 30.8 Å². The maximum absolute atomic E-state index is 12.5. The third kappa shape index (κ3) is 5.37. The Balaban J connectivity index is 1.68.